The lowest BCUT2D eigenvalue weighted by Crippen LogP contribution is -2.27. The van der Waals surface area contributed by atoms with E-state index in [2.05, 4.69) is 21.8 Å². The minimum Gasteiger partial charge on any atom is -0.381 e. The predicted molar refractivity (Wildman–Crippen MR) is 72.8 cm³/mol. The van der Waals surface area contributed by atoms with Gasteiger partial charge in [-0.1, -0.05) is 6.92 Å². The van der Waals surface area contributed by atoms with Crippen LogP contribution in [0.5, 0.6) is 0 Å². The third-order valence-electron chi connectivity index (χ3n) is 3.51. The Hall–Kier alpha value is -1.36. The van der Waals surface area contributed by atoms with Gasteiger partial charge in [0, 0.05) is 51.5 Å². The first-order valence-electron chi connectivity index (χ1n) is 7.14. The van der Waals surface area contributed by atoms with E-state index in [1.165, 1.54) is 0 Å². The number of hydrogen-bond acceptors (Lipinski definition) is 3. The van der Waals surface area contributed by atoms with Gasteiger partial charge in [0.1, 0.15) is 5.82 Å². The van der Waals surface area contributed by atoms with Crippen molar-refractivity contribution < 1.29 is 9.53 Å². The van der Waals surface area contributed by atoms with Crippen molar-refractivity contribution in [2.75, 3.05) is 19.8 Å². The summed E-state index contributed by atoms with van der Waals surface area (Å²) < 4.78 is 7.42. The van der Waals surface area contributed by atoms with Crippen LogP contribution >= 0.6 is 0 Å². The number of carbonyl (C=O) groups excluding carboxylic acids is 1. The Kier molecular flexibility index (Phi) is 5.39. The Bertz CT molecular complexity index is 397. The lowest BCUT2D eigenvalue weighted by atomic mass is 10.1. The van der Waals surface area contributed by atoms with E-state index in [-0.39, 0.29) is 5.91 Å². The van der Waals surface area contributed by atoms with Crippen LogP contribution in [0, 0.1) is 5.92 Å². The van der Waals surface area contributed by atoms with Crippen LogP contribution in [0.1, 0.15) is 32.0 Å². The summed E-state index contributed by atoms with van der Waals surface area (Å²) in [7, 11) is 0. The molecule has 0 spiro atoms. The normalized spacial score (nSPS) is 18.7. The molecule has 1 aromatic rings. The van der Waals surface area contributed by atoms with Gasteiger partial charge in [0.15, 0.2) is 0 Å². The van der Waals surface area contributed by atoms with Gasteiger partial charge in [0.25, 0.3) is 0 Å². The van der Waals surface area contributed by atoms with E-state index in [1.807, 2.05) is 12.4 Å². The average Bonchev–Trinajstić information content (AvgIpc) is 3.05. The molecule has 0 unspecified atom stereocenters. The van der Waals surface area contributed by atoms with Crippen LogP contribution in [0.3, 0.4) is 0 Å². The molecule has 1 fully saturated rings. The third kappa shape index (κ3) is 4.35. The number of aryl methyl sites for hydroxylation is 2. The van der Waals surface area contributed by atoms with Gasteiger partial charge in [-0.25, -0.2) is 4.98 Å². The monoisotopic (exact) mass is 265 g/mol. The maximum absolute atomic E-state index is 11.7. The lowest BCUT2D eigenvalue weighted by molar-refractivity contribution is -0.122. The Balaban J connectivity index is 1.59. The lowest BCUT2D eigenvalue weighted by Gasteiger charge is -2.09. The van der Waals surface area contributed by atoms with Crippen molar-refractivity contribution >= 4 is 5.91 Å². The molecule has 0 bridgehead atoms. The molecule has 5 nitrogen and oxygen atoms in total. The molecule has 1 atom stereocenters. The minimum absolute atomic E-state index is 0.150. The summed E-state index contributed by atoms with van der Waals surface area (Å²) in [5, 5.41) is 2.98. The molecule has 2 heterocycles. The van der Waals surface area contributed by atoms with Gasteiger partial charge in [0.05, 0.1) is 0 Å². The number of ether oxygens (including phenoxy) is 1. The van der Waals surface area contributed by atoms with Crippen LogP contribution in [0.15, 0.2) is 12.4 Å². The van der Waals surface area contributed by atoms with Crippen molar-refractivity contribution in [2.45, 2.75) is 39.2 Å². The standard InChI is InChI=1S/C14H23N3O2/c1-2-13-15-6-8-17(13)7-3-5-16-14(18)10-12-4-9-19-11-12/h6,8,12H,2-5,7,9-11H2,1H3,(H,16,18)/t12-/m0/s1. The SMILES string of the molecule is CCc1nccn1CCCNC(=O)C[C@@H]1CCOC1. The molecule has 1 saturated heterocycles. The van der Waals surface area contributed by atoms with Crippen LogP contribution in [0.4, 0.5) is 0 Å². The van der Waals surface area contributed by atoms with E-state index < -0.39 is 0 Å². The maximum atomic E-state index is 11.7. The summed E-state index contributed by atoms with van der Waals surface area (Å²) in [6, 6.07) is 0. The van der Waals surface area contributed by atoms with Crippen molar-refractivity contribution in [1.82, 2.24) is 14.9 Å². The molecule has 0 aromatic carbocycles. The zero-order valence-electron chi connectivity index (χ0n) is 11.6. The van der Waals surface area contributed by atoms with Crippen molar-refractivity contribution in [3.05, 3.63) is 18.2 Å². The topological polar surface area (TPSA) is 56.2 Å². The van der Waals surface area contributed by atoms with Crippen molar-refractivity contribution in [1.29, 1.82) is 0 Å². The summed E-state index contributed by atoms with van der Waals surface area (Å²) in [6.07, 6.45) is 7.33. The highest BCUT2D eigenvalue weighted by Gasteiger charge is 2.18. The largest absolute Gasteiger partial charge is 0.381 e. The highest BCUT2D eigenvalue weighted by molar-refractivity contribution is 5.76. The second-order valence-corrected chi connectivity index (χ2v) is 5.03. The molecule has 19 heavy (non-hydrogen) atoms. The van der Waals surface area contributed by atoms with E-state index in [4.69, 9.17) is 4.74 Å². The molecule has 5 heteroatoms. The van der Waals surface area contributed by atoms with Crippen molar-refractivity contribution in [3.8, 4) is 0 Å². The molecule has 1 aliphatic rings. The van der Waals surface area contributed by atoms with Gasteiger partial charge in [-0.05, 0) is 18.8 Å². The van der Waals surface area contributed by atoms with Crippen molar-refractivity contribution in [2.24, 2.45) is 5.92 Å². The first kappa shape index (κ1) is 14.1. The third-order valence-corrected chi connectivity index (χ3v) is 3.51. The molecule has 1 N–H and O–H groups in total. The number of amides is 1. The molecule has 1 amide bonds. The molecule has 0 aliphatic carbocycles. The van der Waals surface area contributed by atoms with Crippen LogP contribution in [-0.2, 0) is 22.5 Å². The van der Waals surface area contributed by atoms with Gasteiger partial charge in [0.2, 0.25) is 5.91 Å². The number of hydrogen-bond donors (Lipinski definition) is 1. The van der Waals surface area contributed by atoms with Gasteiger partial charge in [-0.2, -0.15) is 0 Å². The summed E-state index contributed by atoms with van der Waals surface area (Å²) in [5.41, 5.74) is 0. The first-order chi connectivity index (χ1) is 9.29. The molecule has 1 aliphatic heterocycles. The summed E-state index contributed by atoms with van der Waals surface area (Å²) in [5.74, 6) is 1.67. The Morgan fingerprint density at radius 3 is 3.26 bits per heavy atom. The quantitative estimate of drug-likeness (QED) is 0.758. The maximum Gasteiger partial charge on any atom is 0.220 e. The zero-order valence-corrected chi connectivity index (χ0v) is 11.6. The number of carbonyl (C=O) groups is 1. The summed E-state index contributed by atoms with van der Waals surface area (Å²) in [4.78, 5) is 16.0. The van der Waals surface area contributed by atoms with Gasteiger partial charge >= 0.3 is 0 Å². The van der Waals surface area contributed by atoms with E-state index >= 15 is 0 Å². The Morgan fingerprint density at radius 1 is 1.63 bits per heavy atom. The molecular weight excluding hydrogens is 242 g/mol. The van der Waals surface area contributed by atoms with E-state index in [0.29, 0.717) is 12.3 Å². The number of aromatic nitrogens is 2. The Labute approximate surface area is 114 Å². The molecule has 2 rings (SSSR count). The molecular formula is C14H23N3O2. The van der Waals surface area contributed by atoms with Gasteiger partial charge < -0.3 is 14.6 Å². The molecule has 0 radical (unpaired) electrons. The molecule has 1 aromatic heterocycles. The number of nitrogens with zero attached hydrogens (tertiary/aromatic N) is 2. The van der Waals surface area contributed by atoms with E-state index in [0.717, 1.165) is 51.4 Å². The minimum atomic E-state index is 0.150. The highest BCUT2D eigenvalue weighted by Crippen LogP contribution is 2.15. The summed E-state index contributed by atoms with van der Waals surface area (Å²) in [6.45, 7) is 5.29. The summed E-state index contributed by atoms with van der Waals surface area (Å²) >= 11 is 0. The predicted octanol–water partition coefficient (Wildman–Crippen LogP) is 1.38. The average molecular weight is 265 g/mol. The number of nitrogens with one attached hydrogen (secondary N) is 1. The number of rotatable bonds is 7. The second-order valence-electron chi connectivity index (χ2n) is 5.03. The van der Waals surface area contributed by atoms with E-state index in [1.54, 1.807) is 0 Å². The van der Waals surface area contributed by atoms with E-state index in [9.17, 15) is 4.79 Å². The van der Waals surface area contributed by atoms with Crippen LogP contribution in [0.2, 0.25) is 0 Å². The fraction of sp³-hybridized carbons (Fsp3) is 0.714. The smallest absolute Gasteiger partial charge is 0.220 e. The molecule has 106 valence electrons. The zero-order chi connectivity index (χ0) is 13.5. The first-order valence-corrected chi connectivity index (χ1v) is 7.14. The van der Waals surface area contributed by atoms with Gasteiger partial charge in [-0.3, -0.25) is 4.79 Å². The molecule has 0 saturated carbocycles. The van der Waals surface area contributed by atoms with Crippen LogP contribution in [-0.4, -0.2) is 35.2 Å². The fourth-order valence-electron chi connectivity index (χ4n) is 2.41. The highest BCUT2D eigenvalue weighted by atomic mass is 16.5. The van der Waals surface area contributed by atoms with Gasteiger partial charge in [-0.15, -0.1) is 0 Å². The number of imidazole rings is 1. The van der Waals surface area contributed by atoms with Crippen molar-refractivity contribution in [3.63, 3.8) is 0 Å². The van der Waals surface area contributed by atoms with Crippen LogP contribution in [0.25, 0.3) is 0 Å². The van der Waals surface area contributed by atoms with Crippen LogP contribution < -0.4 is 5.32 Å². The fourth-order valence-corrected chi connectivity index (χ4v) is 2.41. The second kappa shape index (κ2) is 7.28. The Morgan fingerprint density at radius 2 is 2.53 bits per heavy atom.